The largest absolute Gasteiger partial charge is 0.316 e. The number of allylic oxidation sites excluding steroid dienone is 5. The smallest absolute Gasteiger partial charge is 0.226 e. The summed E-state index contributed by atoms with van der Waals surface area (Å²) in [4.78, 5) is 13.5. The van der Waals surface area contributed by atoms with Crippen LogP contribution in [0.25, 0.3) is 0 Å². The van der Waals surface area contributed by atoms with E-state index >= 15 is 0 Å². The van der Waals surface area contributed by atoms with Crippen molar-refractivity contribution in [3.05, 3.63) is 35.8 Å². The lowest BCUT2D eigenvalue weighted by Gasteiger charge is -2.21. The number of nitrogens with zero attached hydrogens (tertiary/aromatic N) is 1. The third kappa shape index (κ3) is 3.84. The number of amides is 1. The Balaban J connectivity index is 2.87. The van der Waals surface area contributed by atoms with Gasteiger partial charge in [0.25, 0.3) is 0 Å². The normalized spacial score (nSPS) is 19.8. The molecule has 0 unspecified atom stereocenters. The SMILES string of the molecule is C=C/C(C)=C(F)\C=C(/C)N1CCCCCC1=O. The summed E-state index contributed by atoms with van der Waals surface area (Å²) >= 11 is 0. The number of carbonyl (C=O) groups is 1. The van der Waals surface area contributed by atoms with Gasteiger partial charge in [-0.05, 0) is 38.3 Å². The van der Waals surface area contributed by atoms with E-state index in [0.717, 1.165) is 19.3 Å². The van der Waals surface area contributed by atoms with Crippen LogP contribution in [-0.2, 0) is 4.79 Å². The maximum absolute atomic E-state index is 13.6. The molecule has 2 nitrogen and oxygen atoms in total. The Kier molecular flexibility index (Phi) is 5.13. The van der Waals surface area contributed by atoms with Crippen LogP contribution in [0.2, 0.25) is 0 Å². The van der Waals surface area contributed by atoms with Crippen LogP contribution in [0.4, 0.5) is 4.39 Å². The molecule has 0 aromatic carbocycles. The van der Waals surface area contributed by atoms with Crippen molar-refractivity contribution >= 4 is 5.91 Å². The van der Waals surface area contributed by atoms with Gasteiger partial charge in [-0.1, -0.05) is 19.1 Å². The minimum Gasteiger partial charge on any atom is -0.316 e. The standard InChI is InChI=1S/C14H20FNO/c1-4-11(2)13(15)10-12(3)16-9-7-5-6-8-14(16)17/h4,10H,1,5-9H2,2-3H3/b12-10+,13-11+. The summed E-state index contributed by atoms with van der Waals surface area (Å²) in [5.74, 6) is -0.227. The number of rotatable bonds is 3. The lowest BCUT2D eigenvalue weighted by Crippen LogP contribution is -2.28. The predicted octanol–water partition coefficient (Wildman–Crippen LogP) is 3.72. The zero-order valence-corrected chi connectivity index (χ0v) is 10.6. The van der Waals surface area contributed by atoms with Crippen LogP contribution in [0.1, 0.15) is 39.5 Å². The fourth-order valence-corrected chi connectivity index (χ4v) is 1.83. The van der Waals surface area contributed by atoms with Gasteiger partial charge in [0, 0.05) is 18.7 Å². The minimum absolute atomic E-state index is 0.0975. The summed E-state index contributed by atoms with van der Waals surface area (Å²) in [6, 6.07) is 0. The second-order valence-electron chi connectivity index (χ2n) is 4.38. The average molecular weight is 237 g/mol. The van der Waals surface area contributed by atoms with E-state index in [1.807, 2.05) is 0 Å². The zero-order valence-electron chi connectivity index (χ0n) is 10.6. The number of likely N-dealkylation sites (tertiary alicyclic amines) is 1. The maximum atomic E-state index is 13.6. The Morgan fingerprint density at radius 2 is 2.06 bits per heavy atom. The number of halogens is 1. The summed E-state index contributed by atoms with van der Waals surface area (Å²) < 4.78 is 13.6. The summed E-state index contributed by atoms with van der Waals surface area (Å²) in [6.07, 6.45) is 6.45. The van der Waals surface area contributed by atoms with E-state index in [9.17, 15) is 9.18 Å². The lowest BCUT2D eigenvalue weighted by atomic mass is 10.2. The molecule has 0 N–H and O–H groups in total. The molecule has 0 spiro atoms. The highest BCUT2D eigenvalue weighted by Gasteiger charge is 2.17. The van der Waals surface area contributed by atoms with Crippen molar-refractivity contribution in [2.75, 3.05) is 6.54 Å². The van der Waals surface area contributed by atoms with Gasteiger partial charge in [0.1, 0.15) is 5.83 Å². The summed E-state index contributed by atoms with van der Waals surface area (Å²) in [5.41, 5.74) is 1.17. The average Bonchev–Trinajstić information content (AvgIpc) is 2.52. The second-order valence-corrected chi connectivity index (χ2v) is 4.38. The molecule has 1 saturated heterocycles. The van der Waals surface area contributed by atoms with Crippen molar-refractivity contribution in [3.8, 4) is 0 Å². The third-order valence-corrected chi connectivity index (χ3v) is 3.02. The fourth-order valence-electron chi connectivity index (χ4n) is 1.83. The van der Waals surface area contributed by atoms with E-state index in [0.29, 0.717) is 24.2 Å². The summed E-state index contributed by atoms with van der Waals surface area (Å²) in [5, 5.41) is 0. The van der Waals surface area contributed by atoms with E-state index in [1.54, 1.807) is 18.7 Å². The first kappa shape index (κ1) is 13.7. The molecule has 0 aromatic heterocycles. The van der Waals surface area contributed by atoms with Crippen LogP contribution < -0.4 is 0 Å². The van der Waals surface area contributed by atoms with Crippen molar-refractivity contribution in [2.24, 2.45) is 0 Å². The highest BCUT2D eigenvalue weighted by atomic mass is 19.1. The minimum atomic E-state index is -0.324. The highest BCUT2D eigenvalue weighted by Crippen LogP contribution is 2.18. The van der Waals surface area contributed by atoms with Gasteiger partial charge in [0.2, 0.25) is 5.91 Å². The van der Waals surface area contributed by atoms with Crippen molar-refractivity contribution in [1.82, 2.24) is 4.90 Å². The van der Waals surface area contributed by atoms with Crippen molar-refractivity contribution < 1.29 is 9.18 Å². The van der Waals surface area contributed by atoms with Crippen molar-refractivity contribution in [2.45, 2.75) is 39.5 Å². The van der Waals surface area contributed by atoms with Crippen LogP contribution in [0, 0.1) is 0 Å². The van der Waals surface area contributed by atoms with Crippen LogP contribution in [0.15, 0.2) is 35.8 Å². The van der Waals surface area contributed by atoms with Crippen LogP contribution in [0.3, 0.4) is 0 Å². The van der Waals surface area contributed by atoms with Crippen molar-refractivity contribution in [1.29, 1.82) is 0 Å². The van der Waals surface area contributed by atoms with Gasteiger partial charge in [0.05, 0.1) is 0 Å². The van der Waals surface area contributed by atoms with Gasteiger partial charge in [-0.3, -0.25) is 4.79 Å². The highest BCUT2D eigenvalue weighted by molar-refractivity contribution is 5.78. The molecule has 0 aromatic rings. The number of hydrogen-bond donors (Lipinski definition) is 0. The molecule has 94 valence electrons. The summed E-state index contributed by atoms with van der Waals surface area (Å²) in [6.45, 7) is 7.66. The van der Waals surface area contributed by atoms with Gasteiger partial charge in [0.15, 0.2) is 0 Å². The third-order valence-electron chi connectivity index (χ3n) is 3.02. The first-order chi connectivity index (χ1) is 8.06. The van der Waals surface area contributed by atoms with Crippen LogP contribution >= 0.6 is 0 Å². The Morgan fingerprint density at radius 1 is 1.35 bits per heavy atom. The molecular weight excluding hydrogens is 217 g/mol. The maximum Gasteiger partial charge on any atom is 0.226 e. The molecule has 1 heterocycles. The zero-order chi connectivity index (χ0) is 12.8. The molecule has 17 heavy (non-hydrogen) atoms. The predicted molar refractivity (Wildman–Crippen MR) is 67.9 cm³/mol. The van der Waals surface area contributed by atoms with E-state index in [-0.39, 0.29) is 11.7 Å². The van der Waals surface area contributed by atoms with Crippen molar-refractivity contribution in [3.63, 3.8) is 0 Å². The van der Waals surface area contributed by atoms with Gasteiger partial charge in [-0.15, -0.1) is 0 Å². The molecule has 1 amide bonds. The van der Waals surface area contributed by atoms with Gasteiger partial charge < -0.3 is 4.90 Å². The molecule has 1 aliphatic rings. The molecular formula is C14H20FNO. The molecule has 0 aliphatic carbocycles. The first-order valence-corrected chi connectivity index (χ1v) is 6.03. The molecule has 1 rings (SSSR count). The Hall–Kier alpha value is -1.38. The van der Waals surface area contributed by atoms with Gasteiger partial charge in [-0.25, -0.2) is 4.39 Å². The van der Waals surface area contributed by atoms with E-state index in [2.05, 4.69) is 6.58 Å². The quantitative estimate of drug-likeness (QED) is 0.685. The lowest BCUT2D eigenvalue weighted by molar-refractivity contribution is -0.128. The molecule has 3 heteroatoms. The molecule has 0 bridgehead atoms. The number of hydrogen-bond acceptors (Lipinski definition) is 1. The Morgan fingerprint density at radius 3 is 2.71 bits per heavy atom. The molecule has 1 fully saturated rings. The Labute approximate surface area is 102 Å². The van der Waals surface area contributed by atoms with E-state index < -0.39 is 0 Å². The molecule has 0 radical (unpaired) electrons. The second kappa shape index (κ2) is 6.38. The Bertz CT molecular complexity index is 368. The number of carbonyl (C=O) groups excluding carboxylic acids is 1. The fraction of sp³-hybridized carbons (Fsp3) is 0.500. The summed E-state index contributed by atoms with van der Waals surface area (Å²) in [7, 11) is 0. The topological polar surface area (TPSA) is 20.3 Å². The van der Waals surface area contributed by atoms with Crippen LogP contribution in [-0.4, -0.2) is 17.4 Å². The van der Waals surface area contributed by atoms with Gasteiger partial charge in [-0.2, -0.15) is 0 Å². The van der Waals surface area contributed by atoms with Gasteiger partial charge >= 0.3 is 0 Å². The van der Waals surface area contributed by atoms with Crippen LogP contribution in [0.5, 0.6) is 0 Å². The molecule has 0 atom stereocenters. The van der Waals surface area contributed by atoms with E-state index in [1.165, 1.54) is 12.2 Å². The first-order valence-electron chi connectivity index (χ1n) is 6.03. The molecule has 0 saturated carbocycles. The van der Waals surface area contributed by atoms with E-state index in [4.69, 9.17) is 0 Å². The molecule has 1 aliphatic heterocycles. The monoisotopic (exact) mass is 237 g/mol.